The first-order chi connectivity index (χ1) is 8.61. The standard InChI is InChI=1S/C13H12ClN3O/c1-8-3-4-9(6-16-8)13(18)12-11(15-2)5-10(14)7-17-12/h3-7,15H,1-2H3. The van der Waals surface area contributed by atoms with E-state index in [1.807, 2.05) is 6.92 Å². The molecule has 0 bridgehead atoms. The fraction of sp³-hybridized carbons (Fsp3) is 0.154. The summed E-state index contributed by atoms with van der Waals surface area (Å²) >= 11 is 5.84. The van der Waals surface area contributed by atoms with Gasteiger partial charge in [0, 0.05) is 30.7 Å². The van der Waals surface area contributed by atoms with Gasteiger partial charge in [0.25, 0.3) is 0 Å². The van der Waals surface area contributed by atoms with Crippen LogP contribution in [0.25, 0.3) is 0 Å². The zero-order valence-electron chi connectivity index (χ0n) is 10.1. The highest BCUT2D eigenvalue weighted by Gasteiger charge is 2.15. The van der Waals surface area contributed by atoms with Crippen LogP contribution in [0.5, 0.6) is 0 Å². The molecule has 5 heteroatoms. The quantitative estimate of drug-likeness (QED) is 0.863. The largest absolute Gasteiger partial charge is 0.386 e. The number of nitrogens with zero attached hydrogens (tertiary/aromatic N) is 2. The molecular weight excluding hydrogens is 250 g/mol. The molecule has 0 saturated carbocycles. The first-order valence-electron chi connectivity index (χ1n) is 5.42. The summed E-state index contributed by atoms with van der Waals surface area (Å²) in [6.07, 6.45) is 3.00. The van der Waals surface area contributed by atoms with Crippen molar-refractivity contribution in [2.45, 2.75) is 6.92 Å². The maximum atomic E-state index is 12.3. The zero-order valence-corrected chi connectivity index (χ0v) is 10.8. The van der Waals surface area contributed by atoms with Crippen molar-refractivity contribution in [3.8, 4) is 0 Å². The van der Waals surface area contributed by atoms with E-state index in [9.17, 15) is 4.79 Å². The Hall–Kier alpha value is -1.94. The molecule has 4 nitrogen and oxygen atoms in total. The van der Waals surface area contributed by atoms with Crippen LogP contribution in [0.2, 0.25) is 5.02 Å². The van der Waals surface area contributed by atoms with Crippen molar-refractivity contribution in [3.05, 3.63) is 52.6 Å². The van der Waals surface area contributed by atoms with Gasteiger partial charge in [-0.15, -0.1) is 0 Å². The Balaban J connectivity index is 2.42. The molecule has 2 rings (SSSR count). The first-order valence-corrected chi connectivity index (χ1v) is 5.80. The summed E-state index contributed by atoms with van der Waals surface area (Å²) in [7, 11) is 1.72. The monoisotopic (exact) mass is 261 g/mol. The molecule has 0 aliphatic carbocycles. The van der Waals surface area contributed by atoms with Gasteiger partial charge in [-0.25, -0.2) is 4.98 Å². The third kappa shape index (κ3) is 2.49. The molecule has 92 valence electrons. The van der Waals surface area contributed by atoms with Gasteiger partial charge >= 0.3 is 0 Å². The lowest BCUT2D eigenvalue weighted by atomic mass is 10.1. The molecule has 2 aromatic heterocycles. The van der Waals surface area contributed by atoms with Crippen molar-refractivity contribution in [1.82, 2.24) is 9.97 Å². The van der Waals surface area contributed by atoms with Crippen LogP contribution in [0.1, 0.15) is 21.7 Å². The predicted molar refractivity (Wildman–Crippen MR) is 71.2 cm³/mol. The van der Waals surface area contributed by atoms with E-state index in [4.69, 9.17) is 11.6 Å². The number of pyridine rings is 2. The van der Waals surface area contributed by atoms with Gasteiger partial charge in [-0.2, -0.15) is 0 Å². The Bertz CT molecular complexity index is 581. The van der Waals surface area contributed by atoms with Crippen LogP contribution >= 0.6 is 11.6 Å². The van der Waals surface area contributed by atoms with Gasteiger partial charge in [0.05, 0.1) is 10.7 Å². The van der Waals surface area contributed by atoms with E-state index in [-0.39, 0.29) is 5.78 Å². The molecular formula is C13H12ClN3O. The van der Waals surface area contributed by atoms with E-state index in [1.54, 1.807) is 31.4 Å². The molecule has 0 unspecified atom stereocenters. The molecule has 1 N–H and O–H groups in total. The average molecular weight is 262 g/mol. The Morgan fingerprint density at radius 2 is 2.06 bits per heavy atom. The van der Waals surface area contributed by atoms with Crippen LogP contribution < -0.4 is 5.32 Å². The molecule has 0 radical (unpaired) electrons. The number of ketones is 1. The molecule has 2 aromatic rings. The Morgan fingerprint density at radius 3 is 2.67 bits per heavy atom. The second kappa shape index (κ2) is 5.14. The predicted octanol–water partition coefficient (Wildman–Crippen LogP) is 2.71. The Morgan fingerprint density at radius 1 is 1.28 bits per heavy atom. The summed E-state index contributed by atoms with van der Waals surface area (Å²) in [6, 6.07) is 5.20. The van der Waals surface area contributed by atoms with E-state index < -0.39 is 0 Å². The summed E-state index contributed by atoms with van der Waals surface area (Å²) in [5.41, 5.74) is 2.32. The van der Waals surface area contributed by atoms with Crippen LogP contribution in [0.4, 0.5) is 5.69 Å². The Labute approximate surface area is 110 Å². The van der Waals surface area contributed by atoms with E-state index >= 15 is 0 Å². The molecule has 0 atom stereocenters. The number of carbonyl (C=O) groups excluding carboxylic acids is 1. The highest BCUT2D eigenvalue weighted by molar-refractivity contribution is 6.31. The van der Waals surface area contributed by atoms with Crippen LogP contribution in [0, 0.1) is 6.92 Å². The highest BCUT2D eigenvalue weighted by Crippen LogP contribution is 2.20. The zero-order chi connectivity index (χ0) is 13.1. The van der Waals surface area contributed by atoms with E-state index in [2.05, 4.69) is 15.3 Å². The Kier molecular flexibility index (Phi) is 3.58. The lowest BCUT2D eigenvalue weighted by molar-refractivity contribution is 0.103. The second-order valence-corrected chi connectivity index (χ2v) is 4.25. The summed E-state index contributed by atoms with van der Waals surface area (Å²) < 4.78 is 0. The smallest absolute Gasteiger partial charge is 0.215 e. The maximum absolute atomic E-state index is 12.3. The minimum absolute atomic E-state index is 0.177. The number of aromatic nitrogens is 2. The van der Waals surface area contributed by atoms with Crippen molar-refractivity contribution in [2.75, 3.05) is 12.4 Å². The normalized spacial score (nSPS) is 10.2. The number of hydrogen-bond donors (Lipinski definition) is 1. The number of anilines is 1. The minimum atomic E-state index is -0.177. The summed E-state index contributed by atoms with van der Waals surface area (Å²) in [5.74, 6) is -0.177. The van der Waals surface area contributed by atoms with Crippen molar-refractivity contribution >= 4 is 23.1 Å². The van der Waals surface area contributed by atoms with Crippen LogP contribution in [-0.2, 0) is 0 Å². The molecule has 2 heterocycles. The lowest BCUT2D eigenvalue weighted by Gasteiger charge is -2.07. The van der Waals surface area contributed by atoms with Gasteiger partial charge in [-0.05, 0) is 25.1 Å². The fourth-order valence-electron chi connectivity index (χ4n) is 1.55. The van der Waals surface area contributed by atoms with Gasteiger partial charge in [-0.3, -0.25) is 9.78 Å². The van der Waals surface area contributed by atoms with E-state index in [0.717, 1.165) is 5.69 Å². The topological polar surface area (TPSA) is 54.9 Å². The highest BCUT2D eigenvalue weighted by atomic mass is 35.5. The molecule has 0 aliphatic rings. The van der Waals surface area contributed by atoms with Gasteiger partial charge in [0.2, 0.25) is 5.78 Å². The number of hydrogen-bond acceptors (Lipinski definition) is 4. The number of rotatable bonds is 3. The van der Waals surface area contributed by atoms with Gasteiger partial charge < -0.3 is 5.32 Å². The maximum Gasteiger partial charge on any atom is 0.215 e. The molecule has 0 amide bonds. The number of halogens is 1. The molecule has 0 saturated heterocycles. The van der Waals surface area contributed by atoms with Crippen LogP contribution in [-0.4, -0.2) is 22.8 Å². The number of nitrogens with one attached hydrogen (secondary N) is 1. The summed E-state index contributed by atoms with van der Waals surface area (Å²) in [6.45, 7) is 1.87. The summed E-state index contributed by atoms with van der Waals surface area (Å²) in [4.78, 5) is 20.4. The van der Waals surface area contributed by atoms with Crippen molar-refractivity contribution in [3.63, 3.8) is 0 Å². The van der Waals surface area contributed by atoms with E-state index in [1.165, 1.54) is 6.20 Å². The fourth-order valence-corrected chi connectivity index (χ4v) is 1.71. The molecule has 0 aromatic carbocycles. The summed E-state index contributed by atoms with van der Waals surface area (Å²) in [5, 5.41) is 3.39. The van der Waals surface area contributed by atoms with Gasteiger partial charge in [0.1, 0.15) is 5.69 Å². The van der Waals surface area contributed by atoms with Crippen molar-refractivity contribution in [2.24, 2.45) is 0 Å². The first kappa shape index (κ1) is 12.5. The average Bonchev–Trinajstić information content (AvgIpc) is 2.38. The molecule has 0 spiro atoms. The van der Waals surface area contributed by atoms with Crippen molar-refractivity contribution < 1.29 is 4.79 Å². The van der Waals surface area contributed by atoms with Crippen LogP contribution in [0.15, 0.2) is 30.6 Å². The number of carbonyl (C=O) groups is 1. The SMILES string of the molecule is CNc1cc(Cl)cnc1C(=O)c1ccc(C)nc1. The number of aryl methyl sites for hydroxylation is 1. The van der Waals surface area contributed by atoms with Gasteiger partial charge in [-0.1, -0.05) is 11.6 Å². The third-order valence-corrected chi connectivity index (χ3v) is 2.72. The minimum Gasteiger partial charge on any atom is -0.386 e. The molecule has 18 heavy (non-hydrogen) atoms. The van der Waals surface area contributed by atoms with Crippen molar-refractivity contribution in [1.29, 1.82) is 0 Å². The molecule has 0 aliphatic heterocycles. The van der Waals surface area contributed by atoms with Crippen LogP contribution in [0.3, 0.4) is 0 Å². The third-order valence-electron chi connectivity index (χ3n) is 2.51. The second-order valence-electron chi connectivity index (χ2n) is 3.82. The van der Waals surface area contributed by atoms with E-state index in [0.29, 0.717) is 22.0 Å². The lowest BCUT2D eigenvalue weighted by Crippen LogP contribution is -2.08. The van der Waals surface area contributed by atoms with Gasteiger partial charge in [0.15, 0.2) is 0 Å². The molecule has 0 fully saturated rings.